The second kappa shape index (κ2) is 6.33. The van der Waals surface area contributed by atoms with Crippen molar-refractivity contribution in [3.8, 4) is 0 Å². The highest BCUT2D eigenvalue weighted by Gasteiger charge is 2.47. The number of methoxy groups -OCH3 is 1. The molecule has 6 nitrogen and oxygen atoms in total. The van der Waals surface area contributed by atoms with Crippen LogP contribution in [0.1, 0.15) is 24.8 Å². The van der Waals surface area contributed by atoms with Crippen LogP contribution in [0.2, 0.25) is 0 Å². The van der Waals surface area contributed by atoms with Crippen molar-refractivity contribution in [2.45, 2.75) is 31.9 Å². The molecule has 3 aliphatic rings. The Morgan fingerprint density at radius 2 is 2.17 bits per heavy atom. The molecule has 3 fully saturated rings. The highest BCUT2D eigenvalue weighted by molar-refractivity contribution is 5.58. The minimum Gasteiger partial charge on any atom is -0.380 e. The first-order valence-electron chi connectivity index (χ1n) is 8.92. The molecule has 4 rings (SSSR count). The number of hydrogen-bond donors (Lipinski definition) is 0. The molecule has 130 valence electrons. The number of benzene rings is 1. The maximum atomic E-state index is 11.1. The Balaban J connectivity index is 1.56. The molecule has 0 radical (unpaired) electrons. The number of piperidine rings is 1. The van der Waals surface area contributed by atoms with Gasteiger partial charge < -0.3 is 9.64 Å². The molecule has 0 N–H and O–H groups in total. The van der Waals surface area contributed by atoms with Gasteiger partial charge in [0.15, 0.2) is 0 Å². The number of anilines is 1. The summed E-state index contributed by atoms with van der Waals surface area (Å²) < 4.78 is 5.29. The number of nitro groups is 1. The summed E-state index contributed by atoms with van der Waals surface area (Å²) in [6.45, 7) is 5.04. The fourth-order valence-corrected chi connectivity index (χ4v) is 5.02. The van der Waals surface area contributed by atoms with Crippen LogP contribution in [-0.2, 0) is 11.3 Å². The van der Waals surface area contributed by atoms with Crippen LogP contribution in [0.3, 0.4) is 0 Å². The Bertz CT molecular complexity index is 636. The Kier molecular flexibility index (Phi) is 4.18. The number of ether oxygens (including phenoxy) is 1. The molecule has 24 heavy (non-hydrogen) atoms. The summed E-state index contributed by atoms with van der Waals surface area (Å²) in [5.74, 6) is 1.48. The van der Waals surface area contributed by atoms with E-state index in [4.69, 9.17) is 4.74 Å². The summed E-state index contributed by atoms with van der Waals surface area (Å²) in [5.41, 5.74) is 2.18. The lowest BCUT2D eigenvalue weighted by atomic mass is 9.90. The third-order valence-corrected chi connectivity index (χ3v) is 6.03. The van der Waals surface area contributed by atoms with Crippen LogP contribution in [0.4, 0.5) is 11.4 Å². The van der Waals surface area contributed by atoms with Gasteiger partial charge in [-0.15, -0.1) is 0 Å². The maximum absolute atomic E-state index is 11.1. The zero-order valence-corrected chi connectivity index (χ0v) is 14.2. The molecule has 0 aromatic heterocycles. The number of fused-ring (bicyclic) bond motifs is 3. The van der Waals surface area contributed by atoms with Gasteiger partial charge >= 0.3 is 0 Å². The molecule has 3 saturated heterocycles. The van der Waals surface area contributed by atoms with Crippen molar-refractivity contribution < 1.29 is 9.66 Å². The molecule has 6 heteroatoms. The van der Waals surface area contributed by atoms with Crippen molar-refractivity contribution in [3.63, 3.8) is 0 Å². The molecule has 3 atom stereocenters. The van der Waals surface area contributed by atoms with Gasteiger partial charge in [-0.3, -0.25) is 15.0 Å². The number of non-ortho nitro benzene ring substituents is 1. The molecule has 3 unspecified atom stereocenters. The van der Waals surface area contributed by atoms with E-state index in [1.54, 1.807) is 19.2 Å². The normalized spacial score (nSPS) is 29.5. The first-order valence-corrected chi connectivity index (χ1v) is 8.92. The monoisotopic (exact) mass is 331 g/mol. The first kappa shape index (κ1) is 15.8. The number of nitrogens with zero attached hydrogens (tertiary/aromatic N) is 3. The van der Waals surface area contributed by atoms with Gasteiger partial charge in [-0.2, -0.15) is 0 Å². The minimum atomic E-state index is -0.332. The van der Waals surface area contributed by atoms with E-state index in [2.05, 4.69) is 9.80 Å². The van der Waals surface area contributed by atoms with Gasteiger partial charge in [0.25, 0.3) is 5.69 Å². The zero-order chi connectivity index (χ0) is 16.7. The average molecular weight is 331 g/mol. The van der Waals surface area contributed by atoms with Gasteiger partial charge in [0.1, 0.15) is 0 Å². The highest BCUT2D eigenvalue weighted by Crippen LogP contribution is 2.42. The SMILES string of the molecule is COCc1cc([N+](=O)[O-])ccc1N1CC2CN3CCCCC3C2C1. The van der Waals surface area contributed by atoms with Gasteiger partial charge in [-0.05, 0) is 37.3 Å². The molecular weight excluding hydrogens is 306 g/mol. The van der Waals surface area contributed by atoms with Crippen LogP contribution in [0.15, 0.2) is 18.2 Å². The predicted molar refractivity (Wildman–Crippen MR) is 92.2 cm³/mol. The van der Waals surface area contributed by atoms with E-state index in [-0.39, 0.29) is 10.6 Å². The smallest absolute Gasteiger partial charge is 0.269 e. The highest BCUT2D eigenvalue weighted by atomic mass is 16.6. The van der Waals surface area contributed by atoms with Gasteiger partial charge in [-0.25, -0.2) is 0 Å². The summed E-state index contributed by atoms with van der Waals surface area (Å²) in [6.07, 6.45) is 4.04. The Morgan fingerprint density at radius 1 is 1.29 bits per heavy atom. The Morgan fingerprint density at radius 3 is 2.96 bits per heavy atom. The molecular formula is C18H25N3O3. The topological polar surface area (TPSA) is 58.9 Å². The van der Waals surface area contributed by atoms with Crippen molar-refractivity contribution in [2.75, 3.05) is 38.2 Å². The average Bonchev–Trinajstić information content (AvgIpc) is 3.12. The van der Waals surface area contributed by atoms with Gasteiger partial charge in [-0.1, -0.05) is 6.42 Å². The van der Waals surface area contributed by atoms with Gasteiger partial charge in [0.2, 0.25) is 0 Å². The summed E-state index contributed by atoms with van der Waals surface area (Å²) >= 11 is 0. The molecule has 3 heterocycles. The molecule has 0 saturated carbocycles. The predicted octanol–water partition coefficient (Wildman–Crippen LogP) is 2.66. The fourth-order valence-electron chi connectivity index (χ4n) is 5.02. The summed E-state index contributed by atoms with van der Waals surface area (Å²) in [4.78, 5) is 15.8. The maximum Gasteiger partial charge on any atom is 0.269 e. The van der Waals surface area contributed by atoms with Crippen molar-refractivity contribution in [1.82, 2.24) is 4.90 Å². The van der Waals surface area contributed by atoms with Crippen LogP contribution in [-0.4, -0.2) is 49.2 Å². The van der Waals surface area contributed by atoms with Crippen LogP contribution in [0, 0.1) is 22.0 Å². The van der Waals surface area contributed by atoms with E-state index < -0.39 is 0 Å². The molecule has 0 aliphatic carbocycles. The lowest BCUT2D eigenvalue weighted by Crippen LogP contribution is -2.40. The summed E-state index contributed by atoms with van der Waals surface area (Å²) in [5, 5.41) is 11.1. The number of rotatable bonds is 4. The van der Waals surface area contributed by atoms with Gasteiger partial charge in [0, 0.05) is 56.2 Å². The van der Waals surface area contributed by atoms with E-state index in [0.717, 1.165) is 42.2 Å². The lowest BCUT2D eigenvalue weighted by molar-refractivity contribution is -0.384. The standard InChI is InChI=1S/C18H25N3O3/c1-24-12-13-8-15(21(22)23)5-6-17(13)20-10-14-9-19-7-3-2-4-18(19)16(14)11-20/h5-6,8,14,16,18H,2-4,7,9-12H2,1H3. The summed E-state index contributed by atoms with van der Waals surface area (Å²) in [7, 11) is 1.64. The fraction of sp³-hybridized carbons (Fsp3) is 0.667. The molecule has 1 aromatic rings. The van der Waals surface area contributed by atoms with Crippen LogP contribution in [0.25, 0.3) is 0 Å². The molecule has 3 aliphatic heterocycles. The second-order valence-electron chi connectivity index (χ2n) is 7.39. The van der Waals surface area contributed by atoms with Crippen LogP contribution < -0.4 is 4.90 Å². The molecule has 0 spiro atoms. The van der Waals surface area contributed by atoms with Crippen LogP contribution in [0.5, 0.6) is 0 Å². The van der Waals surface area contributed by atoms with E-state index in [9.17, 15) is 10.1 Å². The Hall–Kier alpha value is -1.66. The van der Waals surface area contributed by atoms with E-state index >= 15 is 0 Å². The van der Waals surface area contributed by atoms with E-state index in [0.29, 0.717) is 6.61 Å². The van der Waals surface area contributed by atoms with Crippen molar-refractivity contribution >= 4 is 11.4 Å². The zero-order valence-electron chi connectivity index (χ0n) is 14.2. The molecule has 0 amide bonds. The Labute approximate surface area is 142 Å². The third kappa shape index (κ3) is 2.67. The largest absolute Gasteiger partial charge is 0.380 e. The van der Waals surface area contributed by atoms with Crippen LogP contribution >= 0.6 is 0 Å². The first-order chi connectivity index (χ1) is 11.7. The van der Waals surface area contributed by atoms with E-state index in [1.807, 2.05) is 6.07 Å². The van der Waals surface area contributed by atoms with Gasteiger partial charge in [0.05, 0.1) is 11.5 Å². The van der Waals surface area contributed by atoms with Crippen molar-refractivity contribution in [2.24, 2.45) is 11.8 Å². The third-order valence-electron chi connectivity index (χ3n) is 6.03. The molecule has 0 bridgehead atoms. The summed E-state index contributed by atoms with van der Waals surface area (Å²) in [6, 6.07) is 5.94. The van der Waals surface area contributed by atoms with E-state index in [1.165, 1.54) is 32.4 Å². The van der Waals surface area contributed by atoms with Crippen molar-refractivity contribution in [1.29, 1.82) is 0 Å². The molecule has 1 aromatic carbocycles. The second-order valence-corrected chi connectivity index (χ2v) is 7.39. The minimum absolute atomic E-state index is 0.142. The quantitative estimate of drug-likeness (QED) is 0.627. The lowest BCUT2D eigenvalue weighted by Gasteiger charge is -2.33. The number of nitro benzene ring substituents is 1. The number of hydrogen-bond acceptors (Lipinski definition) is 5. The van der Waals surface area contributed by atoms with Crippen molar-refractivity contribution in [3.05, 3.63) is 33.9 Å².